The molecular weight excluding hydrogens is 288 g/mol. The molecule has 2 heterocycles. The minimum absolute atomic E-state index is 0.349. The normalized spacial score (nSPS) is 17.6. The molecule has 0 unspecified atom stereocenters. The van der Waals surface area contributed by atoms with Crippen LogP contribution in [0.1, 0.15) is 24.0 Å². The molecule has 1 aromatic heterocycles. The van der Waals surface area contributed by atoms with Crippen LogP contribution < -0.4 is 4.74 Å². The highest BCUT2D eigenvalue weighted by Gasteiger charge is 2.19. The number of ether oxygens (including phenoxy) is 2. The second-order valence-corrected chi connectivity index (χ2v) is 6.01. The topological polar surface area (TPSA) is 34.6 Å². The number of hydrogen-bond donors (Lipinski definition) is 0. The van der Waals surface area contributed by atoms with Crippen molar-refractivity contribution in [3.05, 3.63) is 59.9 Å². The van der Waals surface area contributed by atoms with Crippen molar-refractivity contribution in [2.45, 2.75) is 32.0 Å². The number of hydrogen-bond acceptors (Lipinski definition) is 4. The fourth-order valence-corrected chi connectivity index (χ4v) is 3.04. The molecule has 0 saturated carbocycles. The lowest BCUT2D eigenvalue weighted by Gasteiger charge is -2.25. The molecule has 0 radical (unpaired) electrons. The van der Waals surface area contributed by atoms with E-state index in [0.29, 0.717) is 6.10 Å². The van der Waals surface area contributed by atoms with Crippen molar-refractivity contribution in [1.82, 2.24) is 9.88 Å². The van der Waals surface area contributed by atoms with E-state index in [4.69, 9.17) is 9.47 Å². The van der Waals surface area contributed by atoms with Crippen LogP contribution in [-0.4, -0.2) is 36.2 Å². The largest absolute Gasteiger partial charge is 0.497 e. The minimum atomic E-state index is 0.349. The lowest BCUT2D eigenvalue weighted by Crippen LogP contribution is -2.31. The molecule has 1 aliphatic rings. The summed E-state index contributed by atoms with van der Waals surface area (Å²) < 4.78 is 11.2. The van der Waals surface area contributed by atoms with Crippen LogP contribution in [0.25, 0.3) is 0 Å². The third-order valence-electron chi connectivity index (χ3n) is 4.18. The first kappa shape index (κ1) is 16.0. The number of pyridine rings is 1. The van der Waals surface area contributed by atoms with Crippen molar-refractivity contribution in [2.24, 2.45) is 0 Å². The first-order chi connectivity index (χ1) is 11.3. The van der Waals surface area contributed by atoms with Gasteiger partial charge in [-0.2, -0.15) is 0 Å². The van der Waals surface area contributed by atoms with Gasteiger partial charge in [-0.1, -0.05) is 12.1 Å². The van der Waals surface area contributed by atoms with Crippen LogP contribution >= 0.6 is 0 Å². The lowest BCUT2D eigenvalue weighted by molar-refractivity contribution is 0.0679. The summed E-state index contributed by atoms with van der Waals surface area (Å²) >= 11 is 0. The Morgan fingerprint density at radius 1 is 1.17 bits per heavy atom. The fraction of sp³-hybridized carbons (Fsp3) is 0.421. The molecule has 0 spiro atoms. The predicted molar refractivity (Wildman–Crippen MR) is 90.3 cm³/mol. The molecule has 23 heavy (non-hydrogen) atoms. The van der Waals surface area contributed by atoms with Crippen molar-refractivity contribution in [3.8, 4) is 5.75 Å². The van der Waals surface area contributed by atoms with E-state index in [-0.39, 0.29) is 0 Å². The second-order valence-electron chi connectivity index (χ2n) is 6.01. The van der Waals surface area contributed by atoms with Crippen molar-refractivity contribution < 1.29 is 9.47 Å². The molecule has 1 saturated heterocycles. The maximum Gasteiger partial charge on any atom is 0.119 e. The maximum absolute atomic E-state index is 5.83. The fourth-order valence-electron chi connectivity index (χ4n) is 3.04. The SMILES string of the molecule is COc1cccc(CN(Cc2ccncc2)C[C@H]2CCCO2)c1. The summed E-state index contributed by atoms with van der Waals surface area (Å²) in [7, 11) is 1.71. The smallest absolute Gasteiger partial charge is 0.119 e. The van der Waals surface area contributed by atoms with E-state index >= 15 is 0 Å². The monoisotopic (exact) mass is 312 g/mol. The summed E-state index contributed by atoms with van der Waals surface area (Å²) in [6.45, 7) is 3.64. The van der Waals surface area contributed by atoms with E-state index in [1.807, 2.05) is 24.5 Å². The van der Waals surface area contributed by atoms with Gasteiger partial charge < -0.3 is 9.47 Å². The van der Waals surface area contributed by atoms with E-state index < -0.39 is 0 Å². The average molecular weight is 312 g/mol. The molecule has 1 atom stereocenters. The molecular formula is C19H24N2O2. The summed E-state index contributed by atoms with van der Waals surface area (Å²) in [5.41, 5.74) is 2.54. The Morgan fingerprint density at radius 2 is 2.00 bits per heavy atom. The third-order valence-corrected chi connectivity index (χ3v) is 4.18. The first-order valence-corrected chi connectivity index (χ1v) is 8.19. The van der Waals surface area contributed by atoms with Crippen LogP contribution in [0.2, 0.25) is 0 Å². The number of nitrogens with zero attached hydrogens (tertiary/aromatic N) is 2. The number of benzene rings is 1. The summed E-state index contributed by atoms with van der Waals surface area (Å²) in [6.07, 6.45) is 6.39. The van der Waals surface area contributed by atoms with Gasteiger partial charge in [0.2, 0.25) is 0 Å². The maximum atomic E-state index is 5.83. The molecule has 4 nitrogen and oxygen atoms in total. The molecule has 0 amide bonds. The van der Waals surface area contributed by atoms with Crippen molar-refractivity contribution in [1.29, 1.82) is 0 Å². The van der Waals surface area contributed by atoms with Crippen LogP contribution in [0.4, 0.5) is 0 Å². The molecule has 4 heteroatoms. The summed E-state index contributed by atoms with van der Waals surface area (Å²) in [4.78, 5) is 6.55. The number of aromatic nitrogens is 1. The van der Waals surface area contributed by atoms with Crippen LogP contribution in [0, 0.1) is 0 Å². The Kier molecular flexibility index (Phi) is 5.61. The summed E-state index contributed by atoms with van der Waals surface area (Å²) in [5.74, 6) is 0.906. The standard InChI is InChI=1S/C19H24N2O2/c1-22-18-5-2-4-17(12-18)14-21(15-19-6-3-11-23-19)13-16-7-9-20-10-8-16/h2,4-5,7-10,12,19H,3,6,11,13-15H2,1H3/t19-/m1/s1. The van der Waals surface area contributed by atoms with Crippen LogP contribution in [-0.2, 0) is 17.8 Å². The van der Waals surface area contributed by atoms with Crippen LogP contribution in [0.15, 0.2) is 48.8 Å². The number of methoxy groups -OCH3 is 1. The van der Waals surface area contributed by atoms with Crippen molar-refractivity contribution in [2.75, 3.05) is 20.3 Å². The van der Waals surface area contributed by atoms with E-state index in [9.17, 15) is 0 Å². The quantitative estimate of drug-likeness (QED) is 0.786. The highest BCUT2D eigenvalue weighted by molar-refractivity contribution is 5.28. The zero-order valence-corrected chi connectivity index (χ0v) is 13.6. The Balaban J connectivity index is 1.70. The molecule has 0 bridgehead atoms. The Bertz CT molecular complexity index is 597. The van der Waals surface area contributed by atoms with Gasteiger partial charge >= 0.3 is 0 Å². The molecule has 1 fully saturated rings. The minimum Gasteiger partial charge on any atom is -0.497 e. The lowest BCUT2D eigenvalue weighted by atomic mass is 10.1. The van der Waals surface area contributed by atoms with Gasteiger partial charge in [0, 0.05) is 38.6 Å². The third kappa shape index (κ3) is 4.78. The summed E-state index contributed by atoms with van der Waals surface area (Å²) in [6, 6.07) is 12.4. The number of rotatable bonds is 7. The van der Waals surface area contributed by atoms with Gasteiger partial charge in [0.25, 0.3) is 0 Å². The van der Waals surface area contributed by atoms with Gasteiger partial charge in [-0.3, -0.25) is 9.88 Å². The Morgan fingerprint density at radius 3 is 2.74 bits per heavy atom. The first-order valence-electron chi connectivity index (χ1n) is 8.19. The van der Waals surface area contributed by atoms with Gasteiger partial charge in [-0.15, -0.1) is 0 Å². The van der Waals surface area contributed by atoms with Crippen molar-refractivity contribution >= 4 is 0 Å². The molecule has 0 N–H and O–H groups in total. The highest BCUT2D eigenvalue weighted by atomic mass is 16.5. The van der Waals surface area contributed by atoms with E-state index in [0.717, 1.165) is 38.4 Å². The molecule has 0 aliphatic carbocycles. The predicted octanol–water partition coefficient (Wildman–Crippen LogP) is 3.27. The molecule has 3 rings (SSSR count). The van der Waals surface area contributed by atoms with Crippen LogP contribution in [0.5, 0.6) is 5.75 Å². The Hall–Kier alpha value is -1.91. The van der Waals surface area contributed by atoms with Crippen molar-refractivity contribution in [3.63, 3.8) is 0 Å². The zero-order valence-electron chi connectivity index (χ0n) is 13.6. The average Bonchev–Trinajstić information content (AvgIpc) is 3.09. The van der Waals surface area contributed by atoms with Gasteiger partial charge in [-0.25, -0.2) is 0 Å². The molecule has 1 aliphatic heterocycles. The van der Waals surface area contributed by atoms with Gasteiger partial charge in [-0.05, 0) is 48.2 Å². The van der Waals surface area contributed by atoms with E-state index in [1.54, 1.807) is 7.11 Å². The van der Waals surface area contributed by atoms with Crippen LogP contribution in [0.3, 0.4) is 0 Å². The molecule has 1 aromatic carbocycles. The molecule has 122 valence electrons. The van der Waals surface area contributed by atoms with Gasteiger partial charge in [0.1, 0.15) is 5.75 Å². The van der Waals surface area contributed by atoms with E-state index in [2.05, 4.69) is 34.1 Å². The van der Waals surface area contributed by atoms with E-state index in [1.165, 1.54) is 17.5 Å². The summed E-state index contributed by atoms with van der Waals surface area (Å²) in [5, 5.41) is 0. The Labute approximate surface area is 138 Å². The van der Waals surface area contributed by atoms with Gasteiger partial charge in [0.05, 0.1) is 13.2 Å². The highest BCUT2D eigenvalue weighted by Crippen LogP contribution is 2.19. The zero-order chi connectivity index (χ0) is 15.9. The van der Waals surface area contributed by atoms with Gasteiger partial charge in [0.15, 0.2) is 0 Å². The molecule has 2 aromatic rings. The second kappa shape index (κ2) is 8.09.